The molecular weight excluding hydrogens is 278 g/mol. The van der Waals surface area contributed by atoms with Crippen LogP contribution >= 0.6 is 0 Å². The van der Waals surface area contributed by atoms with Crippen LogP contribution in [-0.2, 0) is 10.0 Å². The SMILES string of the molecule is Cc1nc(NCCNS(=O)(=O)C2CC2)cc(N(C)C)n1. The van der Waals surface area contributed by atoms with E-state index in [9.17, 15) is 8.42 Å². The Morgan fingerprint density at radius 1 is 1.30 bits per heavy atom. The lowest BCUT2D eigenvalue weighted by Crippen LogP contribution is -2.31. The molecule has 0 radical (unpaired) electrons. The molecule has 0 atom stereocenters. The average molecular weight is 299 g/mol. The highest BCUT2D eigenvalue weighted by Crippen LogP contribution is 2.27. The van der Waals surface area contributed by atoms with E-state index in [1.807, 2.05) is 32.0 Å². The molecule has 1 aliphatic carbocycles. The fraction of sp³-hybridized carbons (Fsp3) is 0.667. The van der Waals surface area contributed by atoms with Crippen molar-refractivity contribution in [3.8, 4) is 0 Å². The van der Waals surface area contributed by atoms with E-state index < -0.39 is 10.0 Å². The maximum atomic E-state index is 11.6. The van der Waals surface area contributed by atoms with Gasteiger partial charge in [0.2, 0.25) is 10.0 Å². The lowest BCUT2D eigenvalue weighted by molar-refractivity contribution is 0.581. The number of hydrogen-bond donors (Lipinski definition) is 2. The molecule has 1 aliphatic rings. The summed E-state index contributed by atoms with van der Waals surface area (Å²) in [6, 6.07) is 1.84. The van der Waals surface area contributed by atoms with Gasteiger partial charge in [0.05, 0.1) is 5.25 Å². The van der Waals surface area contributed by atoms with E-state index in [1.54, 1.807) is 0 Å². The molecule has 0 saturated heterocycles. The van der Waals surface area contributed by atoms with Gasteiger partial charge in [-0.3, -0.25) is 0 Å². The third kappa shape index (κ3) is 4.04. The fourth-order valence-electron chi connectivity index (χ4n) is 1.75. The Hall–Kier alpha value is -1.41. The zero-order valence-electron chi connectivity index (χ0n) is 12.0. The second-order valence-electron chi connectivity index (χ2n) is 5.12. The van der Waals surface area contributed by atoms with Crippen LogP contribution in [0.1, 0.15) is 18.7 Å². The molecule has 20 heavy (non-hydrogen) atoms. The second kappa shape index (κ2) is 5.92. The van der Waals surface area contributed by atoms with Crippen LogP contribution in [0.25, 0.3) is 0 Å². The van der Waals surface area contributed by atoms with Crippen molar-refractivity contribution < 1.29 is 8.42 Å². The first-order valence-electron chi connectivity index (χ1n) is 6.64. The van der Waals surface area contributed by atoms with E-state index in [4.69, 9.17) is 0 Å². The molecule has 2 N–H and O–H groups in total. The Balaban J connectivity index is 1.84. The Morgan fingerprint density at radius 3 is 2.60 bits per heavy atom. The lowest BCUT2D eigenvalue weighted by Gasteiger charge is -2.14. The number of anilines is 2. The summed E-state index contributed by atoms with van der Waals surface area (Å²) in [5.74, 6) is 2.20. The van der Waals surface area contributed by atoms with Crippen molar-refractivity contribution in [1.29, 1.82) is 0 Å². The number of nitrogens with one attached hydrogen (secondary N) is 2. The molecule has 0 aliphatic heterocycles. The zero-order chi connectivity index (χ0) is 14.8. The normalized spacial score (nSPS) is 15.2. The van der Waals surface area contributed by atoms with Crippen LogP contribution in [-0.4, -0.2) is 50.8 Å². The summed E-state index contributed by atoms with van der Waals surface area (Å²) in [5.41, 5.74) is 0. The van der Waals surface area contributed by atoms with Crippen molar-refractivity contribution in [2.45, 2.75) is 25.0 Å². The van der Waals surface area contributed by atoms with Gasteiger partial charge in [-0.1, -0.05) is 0 Å². The van der Waals surface area contributed by atoms with Crippen LogP contribution in [0.2, 0.25) is 0 Å². The summed E-state index contributed by atoms with van der Waals surface area (Å²) in [7, 11) is 0.722. The van der Waals surface area contributed by atoms with Crippen LogP contribution in [0.3, 0.4) is 0 Å². The standard InChI is InChI=1S/C12H21N5O2S/c1-9-15-11(8-12(16-9)17(2)3)13-6-7-14-20(18,19)10-4-5-10/h8,10,14H,4-7H2,1-3H3,(H,13,15,16). The molecule has 1 fully saturated rings. The molecule has 0 amide bonds. The Morgan fingerprint density at radius 2 is 2.00 bits per heavy atom. The minimum absolute atomic E-state index is 0.177. The van der Waals surface area contributed by atoms with E-state index in [1.165, 1.54) is 0 Å². The smallest absolute Gasteiger partial charge is 0.214 e. The molecule has 7 nitrogen and oxygen atoms in total. The topological polar surface area (TPSA) is 87.2 Å². The van der Waals surface area contributed by atoms with Gasteiger partial charge in [-0.25, -0.2) is 23.1 Å². The van der Waals surface area contributed by atoms with Gasteiger partial charge < -0.3 is 10.2 Å². The molecule has 1 aromatic rings. The van der Waals surface area contributed by atoms with E-state index in [0.29, 0.717) is 24.7 Å². The number of aromatic nitrogens is 2. The van der Waals surface area contributed by atoms with Crippen LogP contribution in [0.15, 0.2) is 6.07 Å². The number of hydrogen-bond acceptors (Lipinski definition) is 6. The number of rotatable bonds is 7. The largest absolute Gasteiger partial charge is 0.369 e. The predicted octanol–water partition coefficient (Wildman–Crippen LogP) is 0.345. The van der Waals surface area contributed by atoms with Gasteiger partial charge in [0, 0.05) is 33.3 Å². The van der Waals surface area contributed by atoms with Crippen molar-refractivity contribution in [3.05, 3.63) is 11.9 Å². The van der Waals surface area contributed by atoms with Gasteiger partial charge in [0.25, 0.3) is 0 Å². The minimum atomic E-state index is -3.10. The van der Waals surface area contributed by atoms with Crippen LogP contribution < -0.4 is 14.9 Å². The summed E-state index contributed by atoms with van der Waals surface area (Å²) in [5, 5.41) is 2.93. The molecular formula is C12H21N5O2S. The van der Waals surface area contributed by atoms with Gasteiger partial charge in [-0.15, -0.1) is 0 Å². The molecule has 0 aromatic carbocycles. The molecule has 8 heteroatoms. The van der Waals surface area contributed by atoms with Gasteiger partial charge in [0.15, 0.2) is 0 Å². The van der Waals surface area contributed by atoms with Crippen molar-refractivity contribution in [2.24, 2.45) is 0 Å². The van der Waals surface area contributed by atoms with Crippen LogP contribution in [0.4, 0.5) is 11.6 Å². The van der Waals surface area contributed by atoms with E-state index in [0.717, 1.165) is 18.7 Å². The quantitative estimate of drug-likeness (QED) is 0.706. The highest BCUT2D eigenvalue weighted by atomic mass is 32.2. The van der Waals surface area contributed by atoms with Gasteiger partial charge >= 0.3 is 0 Å². The first-order chi connectivity index (χ1) is 9.38. The molecule has 0 spiro atoms. The lowest BCUT2D eigenvalue weighted by atomic mass is 10.4. The second-order valence-corrected chi connectivity index (χ2v) is 7.16. The monoisotopic (exact) mass is 299 g/mol. The van der Waals surface area contributed by atoms with Gasteiger partial charge in [0.1, 0.15) is 17.5 Å². The number of sulfonamides is 1. The minimum Gasteiger partial charge on any atom is -0.369 e. The van der Waals surface area contributed by atoms with E-state index in [2.05, 4.69) is 20.0 Å². The molecule has 112 valence electrons. The Labute approximate surface area is 119 Å². The van der Waals surface area contributed by atoms with E-state index >= 15 is 0 Å². The molecule has 0 unspecified atom stereocenters. The molecule has 1 heterocycles. The first kappa shape index (κ1) is 15.0. The first-order valence-corrected chi connectivity index (χ1v) is 8.18. The third-order valence-corrected chi connectivity index (χ3v) is 4.94. The number of nitrogens with zero attached hydrogens (tertiary/aromatic N) is 3. The van der Waals surface area contributed by atoms with E-state index in [-0.39, 0.29) is 5.25 Å². The van der Waals surface area contributed by atoms with Crippen molar-refractivity contribution in [1.82, 2.24) is 14.7 Å². The highest BCUT2D eigenvalue weighted by Gasteiger charge is 2.35. The van der Waals surface area contributed by atoms with Crippen molar-refractivity contribution >= 4 is 21.7 Å². The van der Waals surface area contributed by atoms with Crippen LogP contribution in [0, 0.1) is 6.92 Å². The molecule has 1 saturated carbocycles. The average Bonchev–Trinajstić information content (AvgIpc) is 3.18. The maximum Gasteiger partial charge on any atom is 0.214 e. The zero-order valence-corrected chi connectivity index (χ0v) is 12.9. The summed E-state index contributed by atoms with van der Waals surface area (Å²) >= 11 is 0. The summed E-state index contributed by atoms with van der Waals surface area (Å²) in [6.07, 6.45) is 1.56. The molecule has 1 aromatic heterocycles. The maximum absolute atomic E-state index is 11.6. The Kier molecular flexibility index (Phi) is 4.44. The van der Waals surface area contributed by atoms with Crippen molar-refractivity contribution in [3.63, 3.8) is 0 Å². The summed E-state index contributed by atoms with van der Waals surface area (Å²) in [4.78, 5) is 10.5. The molecule has 0 bridgehead atoms. The Bertz CT molecular complexity index is 569. The van der Waals surface area contributed by atoms with Gasteiger partial charge in [-0.05, 0) is 19.8 Å². The van der Waals surface area contributed by atoms with Gasteiger partial charge in [-0.2, -0.15) is 0 Å². The summed E-state index contributed by atoms with van der Waals surface area (Å²) < 4.78 is 25.9. The van der Waals surface area contributed by atoms with Crippen molar-refractivity contribution in [2.75, 3.05) is 37.4 Å². The fourth-order valence-corrected chi connectivity index (χ4v) is 3.13. The predicted molar refractivity (Wildman–Crippen MR) is 79.5 cm³/mol. The third-order valence-electron chi connectivity index (χ3n) is 2.98. The molecule has 2 rings (SSSR count). The van der Waals surface area contributed by atoms with Crippen LogP contribution in [0.5, 0.6) is 0 Å². The highest BCUT2D eigenvalue weighted by molar-refractivity contribution is 7.90. The summed E-state index contributed by atoms with van der Waals surface area (Å²) in [6.45, 7) is 2.68. The number of aryl methyl sites for hydroxylation is 1.